The molecule has 1 aliphatic rings. The zero-order chi connectivity index (χ0) is 14.0. The number of hydrogen-bond acceptors (Lipinski definition) is 4. The fourth-order valence-corrected chi connectivity index (χ4v) is 3.06. The van der Waals surface area contributed by atoms with Gasteiger partial charge in [-0.05, 0) is 33.0 Å². The van der Waals surface area contributed by atoms with Crippen LogP contribution in [0, 0.1) is 0 Å². The maximum atomic E-state index is 12.2. The zero-order valence-corrected chi connectivity index (χ0v) is 12.3. The first-order valence-electron chi connectivity index (χ1n) is 6.49. The molecule has 0 unspecified atom stereocenters. The third-order valence-electron chi connectivity index (χ3n) is 3.22. The van der Waals surface area contributed by atoms with Gasteiger partial charge in [-0.3, -0.25) is 0 Å². The summed E-state index contributed by atoms with van der Waals surface area (Å²) in [6, 6.07) is 2.11. The third-order valence-corrected chi connectivity index (χ3v) is 4.65. The lowest BCUT2D eigenvalue weighted by Crippen LogP contribution is -2.31. The van der Waals surface area contributed by atoms with Crippen molar-refractivity contribution in [2.45, 2.75) is 30.3 Å². The maximum absolute atomic E-state index is 12.2. The van der Waals surface area contributed by atoms with E-state index in [0.29, 0.717) is 30.6 Å². The van der Waals surface area contributed by atoms with E-state index in [2.05, 4.69) is 4.72 Å². The quantitative estimate of drug-likeness (QED) is 0.746. The van der Waals surface area contributed by atoms with E-state index >= 15 is 0 Å². The number of likely N-dealkylation sites (N-methyl/N-ethyl adjacent to an activating group) is 1. The molecule has 0 bridgehead atoms. The standard InChI is InChI=1S/C12H22N4O2S/c1-15(2)6-5-14-19(17,18)12-7-11(8-13)16(9-12)10-3-4-10/h7,9-10,14H,3-6,8,13H2,1-2H3. The van der Waals surface area contributed by atoms with E-state index in [1.807, 2.05) is 23.6 Å². The second-order valence-electron chi connectivity index (χ2n) is 5.21. The Hall–Kier alpha value is -0.890. The number of nitrogens with zero attached hydrogens (tertiary/aromatic N) is 2. The summed E-state index contributed by atoms with van der Waals surface area (Å²) in [5.41, 5.74) is 6.55. The molecule has 0 spiro atoms. The number of hydrogen-bond donors (Lipinski definition) is 2. The molecule has 108 valence electrons. The first kappa shape index (κ1) is 14.5. The van der Waals surface area contributed by atoms with Gasteiger partial charge < -0.3 is 15.2 Å². The molecule has 0 aromatic carbocycles. The Morgan fingerprint density at radius 3 is 2.68 bits per heavy atom. The molecule has 1 heterocycles. The molecular weight excluding hydrogens is 264 g/mol. The van der Waals surface area contributed by atoms with Crippen LogP contribution in [0.1, 0.15) is 24.6 Å². The first-order valence-corrected chi connectivity index (χ1v) is 7.97. The Bertz CT molecular complexity index is 532. The smallest absolute Gasteiger partial charge is 0.242 e. The molecule has 0 amide bonds. The second-order valence-corrected chi connectivity index (χ2v) is 6.98. The molecule has 1 aromatic rings. The van der Waals surface area contributed by atoms with E-state index in [9.17, 15) is 8.42 Å². The number of nitrogens with two attached hydrogens (primary N) is 1. The van der Waals surface area contributed by atoms with Gasteiger partial charge in [-0.1, -0.05) is 0 Å². The van der Waals surface area contributed by atoms with Crippen LogP contribution in [0.4, 0.5) is 0 Å². The summed E-state index contributed by atoms with van der Waals surface area (Å²) in [6.07, 6.45) is 3.92. The van der Waals surface area contributed by atoms with Crippen molar-refractivity contribution in [3.8, 4) is 0 Å². The molecule has 0 saturated heterocycles. The molecule has 1 aromatic heterocycles. The molecule has 6 nitrogen and oxygen atoms in total. The Kier molecular flexibility index (Phi) is 4.29. The van der Waals surface area contributed by atoms with Gasteiger partial charge in [0.25, 0.3) is 0 Å². The average molecular weight is 286 g/mol. The minimum Gasteiger partial charge on any atom is -0.346 e. The highest BCUT2D eigenvalue weighted by Gasteiger charge is 2.27. The summed E-state index contributed by atoms with van der Waals surface area (Å²) in [4.78, 5) is 2.25. The predicted octanol–water partition coefficient (Wildman–Crippen LogP) is 0.122. The van der Waals surface area contributed by atoms with Gasteiger partial charge in [0.2, 0.25) is 10.0 Å². The van der Waals surface area contributed by atoms with Crippen molar-refractivity contribution >= 4 is 10.0 Å². The fraction of sp³-hybridized carbons (Fsp3) is 0.667. The number of aromatic nitrogens is 1. The SMILES string of the molecule is CN(C)CCNS(=O)(=O)c1cc(CN)n(C2CC2)c1. The predicted molar refractivity (Wildman–Crippen MR) is 74.3 cm³/mol. The van der Waals surface area contributed by atoms with Gasteiger partial charge in [-0.25, -0.2) is 13.1 Å². The lowest BCUT2D eigenvalue weighted by Gasteiger charge is -2.10. The van der Waals surface area contributed by atoms with Crippen molar-refractivity contribution in [2.24, 2.45) is 5.73 Å². The lowest BCUT2D eigenvalue weighted by atomic mass is 10.4. The molecule has 0 radical (unpaired) electrons. The molecule has 2 rings (SSSR count). The van der Waals surface area contributed by atoms with Crippen LogP contribution in [0.3, 0.4) is 0 Å². The molecule has 1 saturated carbocycles. The van der Waals surface area contributed by atoms with Crippen LogP contribution in [0.5, 0.6) is 0 Å². The Morgan fingerprint density at radius 2 is 2.16 bits per heavy atom. The summed E-state index contributed by atoms with van der Waals surface area (Å²) in [6.45, 7) is 1.44. The molecule has 3 N–H and O–H groups in total. The van der Waals surface area contributed by atoms with E-state index in [0.717, 1.165) is 18.5 Å². The van der Waals surface area contributed by atoms with E-state index in [1.54, 1.807) is 12.3 Å². The number of nitrogens with one attached hydrogen (secondary N) is 1. The van der Waals surface area contributed by atoms with Gasteiger partial charge >= 0.3 is 0 Å². The van der Waals surface area contributed by atoms with E-state index < -0.39 is 10.0 Å². The monoisotopic (exact) mass is 286 g/mol. The largest absolute Gasteiger partial charge is 0.346 e. The zero-order valence-electron chi connectivity index (χ0n) is 11.5. The molecule has 0 atom stereocenters. The Balaban J connectivity index is 2.11. The minimum atomic E-state index is -3.43. The van der Waals surface area contributed by atoms with Gasteiger partial charge in [0.15, 0.2) is 0 Å². The number of sulfonamides is 1. The molecule has 0 aliphatic heterocycles. The second kappa shape index (κ2) is 5.62. The molecule has 1 aliphatic carbocycles. The van der Waals surface area contributed by atoms with Crippen LogP contribution in [0.25, 0.3) is 0 Å². The average Bonchev–Trinajstić information content (AvgIpc) is 3.07. The molecule has 1 fully saturated rings. The van der Waals surface area contributed by atoms with Crippen molar-refractivity contribution in [3.05, 3.63) is 18.0 Å². The van der Waals surface area contributed by atoms with Crippen LogP contribution in [0.2, 0.25) is 0 Å². The van der Waals surface area contributed by atoms with Gasteiger partial charge in [-0.15, -0.1) is 0 Å². The Morgan fingerprint density at radius 1 is 1.47 bits per heavy atom. The summed E-state index contributed by atoms with van der Waals surface area (Å²) < 4.78 is 28.9. The van der Waals surface area contributed by atoms with Crippen LogP contribution >= 0.6 is 0 Å². The number of rotatable bonds is 7. The maximum Gasteiger partial charge on any atom is 0.242 e. The lowest BCUT2D eigenvalue weighted by molar-refractivity contribution is 0.412. The first-order chi connectivity index (χ1) is 8.94. The highest BCUT2D eigenvalue weighted by Crippen LogP contribution is 2.37. The van der Waals surface area contributed by atoms with Gasteiger partial charge in [0, 0.05) is 37.6 Å². The fourth-order valence-electron chi connectivity index (χ4n) is 1.99. The van der Waals surface area contributed by atoms with Crippen LogP contribution in [0.15, 0.2) is 17.2 Å². The van der Waals surface area contributed by atoms with Crippen LogP contribution in [-0.2, 0) is 16.6 Å². The van der Waals surface area contributed by atoms with Crippen molar-refractivity contribution < 1.29 is 8.42 Å². The van der Waals surface area contributed by atoms with E-state index in [1.165, 1.54) is 0 Å². The van der Waals surface area contributed by atoms with E-state index in [4.69, 9.17) is 5.73 Å². The minimum absolute atomic E-state index is 0.318. The van der Waals surface area contributed by atoms with Crippen molar-refractivity contribution in [2.75, 3.05) is 27.2 Å². The van der Waals surface area contributed by atoms with Crippen molar-refractivity contribution in [3.63, 3.8) is 0 Å². The summed E-state index contributed by atoms with van der Waals surface area (Å²) in [7, 11) is 0.388. The normalized spacial score (nSPS) is 16.2. The van der Waals surface area contributed by atoms with E-state index in [-0.39, 0.29) is 0 Å². The van der Waals surface area contributed by atoms with Gasteiger partial charge in [0.1, 0.15) is 0 Å². The topological polar surface area (TPSA) is 80.4 Å². The highest BCUT2D eigenvalue weighted by molar-refractivity contribution is 7.89. The van der Waals surface area contributed by atoms with Gasteiger partial charge in [-0.2, -0.15) is 0 Å². The molecule has 7 heteroatoms. The molecule has 19 heavy (non-hydrogen) atoms. The van der Waals surface area contributed by atoms with Gasteiger partial charge in [0.05, 0.1) is 4.90 Å². The van der Waals surface area contributed by atoms with Crippen LogP contribution < -0.4 is 10.5 Å². The summed E-state index contributed by atoms with van der Waals surface area (Å²) >= 11 is 0. The summed E-state index contributed by atoms with van der Waals surface area (Å²) in [5.74, 6) is 0. The third kappa shape index (κ3) is 3.56. The van der Waals surface area contributed by atoms with Crippen molar-refractivity contribution in [1.82, 2.24) is 14.2 Å². The molecular formula is C12H22N4O2S. The van der Waals surface area contributed by atoms with Crippen LogP contribution in [-0.4, -0.2) is 45.1 Å². The summed E-state index contributed by atoms with van der Waals surface area (Å²) in [5, 5.41) is 0. The highest BCUT2D eigenvalue weighted by atomic mass is 32.2. The van der Waals surface area contributed by atoms with Crippen molar-refractivity contribution in [1.29, 1.82) is 0 Å². The Labute approximate surface area is 114 Å².